The maximum atomic E-state index is 14.9. The van der Waals surface area contributed by atoms with Gasteiger partial charge in [-0.3, -0.25) is 4.79 Å². The average molecular weight is 561 g/mol. The van der Waals surface area contributed by atoms with Crippen molar-refractivity contribution in [2.45, 2.75) is 12.5 Å². The Labute approximate surface area is 241 Å². The first kappa shape index (κ1) is 25.9. The highest BCUT2D eigenvalue weighted by Gasteiger charge is 2.32. The number of nitrogens with one attached hydrogen (secondary N) is 3. The highest BCUT2D eigenvalue weighted by atomic mass is 19.1. The van der Waals surface area contributed by atoms with E-state index in [-0.39, 0.29) is 17.7 Å². The van der Waals surface area contributed by atoms with E-state index in [0.29, 0.717) is 34.7 Å². The minimum absolute atomic E-state index is 0.183. The molecule has 0 unspecified atom stereocenters. The number of rotatable bonds is 8. The lowest BCUT2D eigenvalue weighted by Crippen LogP contribution is -2.28. The number of amides is 1. The molecule has 0 saturated carbocycles. The molecular formula is C33H29FN6O2. The minimum Gasteiger partial charge on any atom is -0.490 e. The molecule has 3 aromatic heterocycles. The molecule has 0 bridgehead atoms. The van der Waals surface area contributed by atoms with Gasteiger partial charge in [0, 0.05) is 42.0 Å². The van der Waals surface area contributed by atoms with Crippen molar-refractivity contribution in [3.63, 3.8) is 0 Å². The van der Waals surface area contributed by atoms with E-state index in [4.69, 9.17) is 9.72 Å². The molecule has 210 valence electrons. The first-order chi connectivity index (χ1) is 20.5. The van der Waals surface area contributed by atoms with Gasteiger partial charge in [0.2, 0.25) is 0 Å². The molecule has 3 heterocycles. The van der Waals surface area contributed by atoms with Crippen LogP contribution >= 0.6 is 0 Å². The standard InChI is InChI=1S/C33H29FN6O2/c1-40(2)15-6-16-42-28-18-27-26(17-25(28)34)37-32(38-27)24-10-5-9-23-29(24)19-7-3-4-8-20(19)30(23)39-33(41)22-12-14-36-31-21(22)11-13-35-31/h3-5,7-14,17-18,30H,6,15-16H2,1-2H3,(H,35,36)(H,37,38)(H,39,41)/t30-/m1/s1. The van der Waals surface area contributed by atoms with Gasteiger partial charge in [-0.05, 0) is 54.9 Å². The molecule has 1 aliphatic carbocycles. The Hall–Kier alpha value is -5.02. The van der Waals surface area contributed by atoms with Crippen LogP contribution in [0.5, 0.6) is 5.75 Å². The third-order valence-corrected chi connectivity index (χ3v) is 7.73. The van der Waals surface area contributed by atoms with E-state index in [9.17, 15) is 9.18 Å². The lowest BCUT2D eigenvalue weighted by Gasteiger charge is -2.16. The van der Waals surface area contributed by atoms with Gasteiger partial charge in [-0.15, -0.1) is 0 Å². The van der Waals surface area contributed by atoms with Crippen LogP contribution < -0.4 is 10.1 Å². The number of benzene rings is 3. The second kappa shape index (κ2) is 10.4. The largest absolute Gasteiger partial charge is 0.490 e. The van der Waals surface area contributed by atoms with E-state index in [1.807, 2.05) is 56.6 Å². The molecule has 9 heteroatoms. The topological polar surface area (TPSA) is 98.9 Å². The SMILES string of the molecule is CN(C)CCCOc1cc2nc(-c3cccc4c3-c3ccccc3[C@H]4NC(=O)c3ccnc4[nH]ccc34)[nH]c2cc1F. The van der Waals surface area contributed by atoms with Crippen LogP contribution in [0.25, 0.3) is 44.6 Å². The summed E-state index contributed by atoms with van der Waals surface area (Å²) in [6, 6.07) is 20.4. The summed E-state index contributed by atoms with van der Waals surface area (Å²) in [7, 11) is 3.99. The van der Waals surface area contributed by atoms with Gasteiger partial charge in [0.05, 0.1) is 29.2 Å². The summed E-state index contributed by atoms with van der Waals surface area (Å²) in [6.45, 7) is 1.28. The van der Waals surface area contributed by atoms with Crippen molar-refractivity contribution in [1.29, 1.82) is 0 Å². The summed E-state index contributed by atoms with van der Waals surface area (Å²) < 4.78 is 20.6. The maximum Gasteiger partial charge on any atom is 0.252 e. The van der Waals surface area contributed by atoms with Crippen LogP contribution in [0.15, 0.2) is 79.1 Å². The summed E-state index contributed by atoms with van der Waals surface area (Å²) in [4.78, 5) is 31.2. The predicted octanol–water partition coefficient (Wildman–Crippen LogP) is 6.08. The number of aromatic nitrogens is 4. The molecule has 0 fully saturated rings. The zero-order chi connectivity index (χ0) is 28.8. The second-order valence-electron chi connectivity index (χ2n) is 10.8. The fourth-order valence-electron chi connectivity index (χ4n) is 5.79. The number of fused-ring (bicyclic) bond motifs is 5. The number of halogens is 1. The van der Waals surface area contributed by atoms with Crippen molar-refractivity contribution >= 4 is 28.0 Å². The molecule has 0 spiro atoms. The normalized spacial score (nSPS) is 14.0. The van der Waals surface area contributed by atoms with Gasteiger partial charge in [-0.1, -0.05) is 42.5 Å². The maximum absolute atomic E-state index is 14.9. The van der Waals surface area contributed by atoms with Crippen LogP contribution in [0.4, 0.5) is 4.39 Å². The number of hydrogen-bond donors (Lipinski definition) is 3. The van der Waals surface area contributed by atoms with Gasteiger partial charge >= 0.3 is 0 Å². The predicted molar refractivity (Wildman–Crippen MR) is 161 cm³/mol. The molecule has 1 aliphatic rings. The minimum atomic E-state index is -0.429. The Kier molecular flexibility index (Phi) is 6.43. The Bertz CT molecular complexity index is 1960. The van der Waals surface area contributed by atoms with Gasteiger partial charge in [-0.25, -0.2) is 14.4 Å². The van der Waals surface area contributed by atoms with Gasteiger partial charge < -0.3 is 24.9 Å². The number of H-pyrrole nitrogens is 2. The molecule has 6 aromatic rings. The zero-order valence-corrected chi connectivity index (χ0v) is 23.2. The van der Waals surface area contributed by atoms with Gasteiger partial charge in [0.15, 0.2) is 11.6 Å². The van der Waals surface area contributed by atoms with Gasteiger partial charge in [0.25, 0.3) is 5.91 Å². The third-order valence-electron chi connectivity index (χ3n) is 7.73. The summed E-state index contributed by atoms with van der Waals surface area (Å²) in [6.07, 6.45) is 4.20. The Morgan fingerprint density at radius 1 is 1.05 bits per heavy atom. The lowest BCUT2D eigenvalue weighted by atomic mass is 9.98. The summed E-state index contributed by atoms with van der Waals surface area (Å²) in [5.74, 6) is 0.202. The summed E-state index contributed by atoms with van der Waals surface area (Å²) >= 11 is 0. The monoisotopic (exact) mass is 560 g/mol. The molecule has 0 radical (unpaired) electrons. The van der Waals surface area contributed by atoms with E-state index in [1.165, 1.54) is 6.07 Å². The number of hydrogen-bond acceptors (Lipinski definition) is 5. The van der Waals surface area contributed by atoms with Crippen LogP contribution in [-0.2, 0) is 0 Å². The number of carbonyl (C=O) groups is 1. The van der Waals surface area contributed by atoms with Crippen molar-refractivity contribution in [2.75, 3.05) is 27.2 Å². The Morgan fingerprint density at radius 2 is 1.88 bits per heavy atom. The molecule has 7 rings (SSSR count). The smallest absolute Gasteiger partial charge is 0.252 e. The molecular weight excluding hydrogens is 531 g/mol. The van der Waals surface area contributed by atoms with Crippen LogP contribution in [0.2, 0.25) is 0 Å². The third kappa shape index (κ3) is 4.48. The number of aromatic amines is 2. The van der Waals surface area contributed by atoms with E-state index in [0.717, 1.165) is 46.2 Å². The highest BCUT2D eigenvalue weighted by molar-refractivity contribution is 6.06. The van der Waals surface area contributed by atoms with Crippen LogP contribution in [0.3, 0.4) is 0 Å². The van der Waals surface area contributed by atoms with Crippen LogP contribution in [-0.4, -0.2) is 58.0 Å². The van der Waals surface area contributed by atoms with Gasteiger partial charge in [0.1, 0.15) is 11.5 Å². The molecule has 1 amide bonds. The van der Waals surface area contributed by atoms with Crippen LogP contribution in [0, 0.1) is 5.82 Å². The van der Waals surface area contributed by atoms with Crippen molar-refractivity contribution in [1.82, 2.24) is 30.2 Å². The second-order valence-corrected chi connectivity index (χ2v) is 10.8. The molecule has 0 aliphatic heterocycles. The van der Waals surface area contributed by atoms with Crippen molar-refractivity contribution in [3.05, 3.63) is 102 Å². The van der Waals surface area contributed by atoms with Crippen molar-refractivity contribution < 1.29 is 13.9 Å². The number of pyridine rings is 1. The lowest BCUT2D eigenvalue weighted by molar-refractivity contribution is 0.0945. The Balaban J connectivity index is 1.25. The molecule has 1 atom stereocenters. The van der Waals surface area contributed by atoms with E-state index in [1.54, 1.807) is 24.5 Å². The fourth-order valence-corrected chi connectivity index (χ4v) is 5.79. The molecule has 3 aromatic carbocycles. The first-order valence-corrected chi connectivity index (χ1v) is 13.9. The average Bonchev–Trinajstić information content (AvgIpc) is 3.71. The summed E-state index contributed by atoms with van der Waals surface area (Å²) in [5, 5.41) is 4.03. The quantitative estimate of drug-likeness (QED) is 0.196. The first-order valence-electron chi connectivity index (χ1n) is 13.9. The summed E-state index contributed by atoms with van der Waals surface area (Å²) in [5.41, 5.74) is 7.29. The fraction of sp³-hybridized carbons (Fsp3) is 0.182. The van der Waals surface area contributed by atoms with E-state index < -0.39 is 5.82 Å². The van der Waals surface area contributed by atoms with Gasteiger partial charge in [-0.2, -0.15) is 0 Å². The highest BCUT2D eigenvalue weighted by Crippen LogP contribution is 2.48. The molecule has 3 N–H and O–H groups in total. The zero-order valence-electron chi connectivity index (χ0n) is 23.2. The number of carbonyl (C=O) groups excluding carboxylic acids is 1. The number of nitrogens with zero attached hydrogens (tertiary/aromatic N) is 3. The number of imidazole rings is 1. The van der Waals surface area contributed by atoms with Crippen LogP contribution in [0.1, 0.15) is 33.9 Å². The molecule has 42 heavy (non-hydrogen) atoms. The number of ether oxygens (including phenoxy) is 1. The molecule has 0 saturated heterocycles. The molecule has 8 nitrogen and oxygen atoms in total. The van der Waals surface area contributed by atoms with E-state index >= 15 is 0 Å². The Morgan fingerprint density at radius 3 is 2.76 bits per heavy atom. The van der Waals surface area contributed by atoms with E-state index in [2.05, 4.69) is 31.2 Å². The van der Waals surface area contributed by atoms with Crippen molar-refractivity contribution in [3.8, 4) is 28.3 Å². The van der Waals surface area contributed by atoms with Crippen molar-refractivity contribution in [2.24, 2.45) is 0 Å².